The number of piperidine rings is 3. The molecule has 4 heterocycles. The molecular weight excluding hydrogens is 845 g/mol. The second-order valence-electron chi connectivity index (χ2n) is 16.4. The molecule has 3 atom stereocenters. The van der Waals surface area contributed by atoms with Gasteiger partial charge in [-0.25, -0.2) is 9.59 Å². The maximum atomic E-state index is 13.3. The molecule has 0 radical (unpaired) electrons. The number of carbonyl (C=O) groups is 2. The van der Waals surface area contributed by atoms with Crippen LogP contribution in [-0.4, -0.2) is 91.9 Å². The van der Waals surface area contributed by atoms with Gasteiger partial charge in [0.2, 0.25) is 11.3 Å². The summed E-state index contributed by atoms with van der Waals surface area (Å²) in [5.41, 5.74) is 4.24. The van der Waals surface area contributed by atoms with Gasteiger partial charge >= 0.3 is 12.1 Å². The molecule has 0 aliphatic carbocycles. The molecule has 2 bridgehead atoms. The van der Waals surface area contributed by atoms with E-state index >= 15 is 0 Å². The first-order valence-corrected chi connectivity index (χ1v) is 22.0. The lowest BCUT2D eigenvalue weighted by Gasteiger charge is -2.43. The molecule has 3 aliphatic heterocycles. The molecule has 1 aromatic heterocycles. The van der Waals surface area contributed by atoms with Crippen molar-refractivity contribution < 1.29 is 48.2 Å². The summed E-state index contributed by atoms with van der Waals surface area (Å²) < 4.78 is 34.9. The fourth-order valence-corrected chi connectivity index (χ4v) is 8.58. The van der Waals surface area contributed by atoms with Crippen LogP contribution in [0.4, 0.5) is 4.79 Å². The number of hydrogen-bond acceptors (Lipinski definition) is 13. The van der Waals surface area contributed by atoms with Crippen LogP contribution >= 0.6 is 0 Å². The van der Waals surface area contributed by atoms with Crippen LogP contribution in [-0.2, 0) is 22.6 Å². The molecule has 3 saturated heterocycles. The number of nitrogens with one attached hydrogen (secondary N) is 3. The number of amides is 1. The second kappa shape index (κ2) is 21.3. The molecule has 344 valence electrons. The highest BCUT2D eigenvalue weighted by Gasteiger charge is 2.37. The van der Waals surface area contributed by atoms with Gasteiger partial charge in [0.05, 0.1) is 37.4 Å². The highest BCUT2D eigenvalue weighted by molar-refractivity contribution is 5.89. The van der Waals surface area contributed by atoms with Gasteiger partial charge in [0.1, 0.15) is 37.4 Å². The van der Waals surface area contributed by atoms with Crippen LogP contribution in [0.2, 0.25) is 0 Å². The monoisotopic (exact) mass is 898 g/mol. The van der Waals surface area contributed by atoms with Crippen LogP contribution in [0, 0.1) is 5.92 Å². The quantitative estimate of drug-likeness (QED) is 0.0422. The number of aliphatic hydroxyl groups is 1. The number of aromatic hydroxyl groups is 1. The number of fused-ring (bicyclic) bond motifs is 4. The standard InChI is InChI=1S/C51H54N4O11/c1-61-43-25-33(28-52-29-42(57)39-15-17-41(56)48-40(39)16-18-46(58)53-48)26-44(62-2)49(43)63-23-24-64-50(59)36-13-11-32(12-14-36)31-65-38-10-6-9-37(27-38)47(35-7-4-3-5-8-35)54-51(60)66-45-30-55-21-19-34(45)20-22-55/h3-18,25-27,34,42,45,47,52,56-57H,19-24,28-31H2,1-2H3,(H,53,58)(H,54,60)/t42-,45+,47?/m1/s1. The van der Waals surface area contributed by atoms with Crippen molar-refractivity contribution in [3.8, 4) is 28.7 Å². The van der Waals surface area contributed by atoms with E-state index in [1.54, 1.807) is 48.5 Å². The van der Waals surface area contributed by atoms with E-state index in [2.05, 4.69) is 20.5 Å². The van der Waals surface area contributed by atoms with Crippen LogP contribution in [0.1, 0.15) is 63.2 Å². The molecule has 3 aliphatic rings. The number of hydrogen-bond donors (Lipinski definition) is 5. The van der Waals surface area contributed by atoms with Crippen molar-refractivity contribution in [1.29, 1.82) is 0 Å². The molecule has 6 aromatic rings. The molecule has 1 amide bonds. The zero-order valence-corrected chi connectivity index (χ0v) is 36.9. The largest absolute Gasteiger partial charge is 0.506 e. The van der Waals surface area contributed by atoms with Gasteiger partial charge in [0, 0.05) is 31.1 Å². The smallest absolute Gasteiger partial charge is 0.408 e. The Balaban J connectivity index is 0.805. The first-order valence-electron chi connectivity index (χ1n) is 22.0. The number of alkyl carbamates (subject to hydrolysis) is 1. The molecule has 66 heavy (non-hydrogen) atoms. The van der Waals surface area contributed by atoms with Crippen molar-refractivity contribution >= 4 is 23.0 Å². The van der Waals surface area contributed by atoms with Crippen LogP contribution < -0.4 is 35.1 Å². The van der Waals surface area contributed by atoms with Gasteiger partial charge in [-0.2, -0.15) is 0 Å². The SMILES string of the molecule is COc1cc(CNC[C@@H](O)c2ccc(O)c3[nH]c(=O)ccc23)cc(OC)c1OCCOC(=O)c1ccc(COc2cccc(C(NC(=O)O[C@H]3CN4CCC3CC4)c3ccccc3)c2)cc1. The minimum absolute atomic E-state index is 0.0284. The summed E-state index contributed by atoms with van der Waals surface area (Å²) in [6.07, 6.45) is 0.641. The Bertz CT molecular complexity index is 2640. The molecule has 3 fully saturated rings. The lowest BCUT2D eigenvalue weighted by atomic mass is 9.86. The Morgan fingerprint density at radius 2 is 1.56 bits per heavy atom. The molecule has 0 spiro atoms. The number of phenols is 1. The average molecular weight is 899 g/mol. The number of ether oxygens (including phenoxy) is 6. The predicted molar refractivity (Wildman–Crippen MR) is 246 cm³/mol. The number of aliphatic hydroxyl groups excluding tert-OH is 1. The van der Waals surface area contributed by atoms with E-state index in [0.717, 1.165) is 54.7 Å². The summed E-state index contributed by atoms with van der Waals surface area (Å²) in [5, 5.41) is 28.0. The van der Waals surface area contributed by atoms with Gasteiger partial charge in [0.25, 0.3) is 0 Å². The zero-order valence-electron chi connectivity index (χ0n) is 36.9. The zero-order chi connectivity index (χ0) is 46.0. The predicted octanol–water partition coefficient (Wildman–Crippen LogP) is 6.80. The molecule has 5 aromatic carbocycles. The maximum Gasteiger partial charge on any atom is 0.408 e. The first kappa shape index (κ1) is 45.5. The van der Waals surface area contributed by atoms with Gasteiger partial charge in [-0.3, -0.25) is 9.69 Å². The summed E-state index contributed by atoms with van der Waals surface area (Å²) >= 11 is 0. The van der Waals surface area contributed by atoms with E-state index in [4.69, 9.17) is 28.4 Å². The maximum absolute atomic E-state index is 13.3. The summed E-state index contributed by atoms with van der Waals surface area (Å²) in [6, 6.07) is 33.5. The molecular formula is C51H54N4O11. The van der Waals surface area contributed by atoms with Crippen LogP contribution in [0.5, 0.6) is 28.7 Å². The van der Waals surface area contributed by atoms with Crippen molar-refractivity contribution in [2.24, 2.45) is 5.92 Å². The minimum Gasteiger partial charge on any atom is -0.506 e. The Labute approximate surface area is 382 Å². The van der Waals surface area contributed by atoms with Crippen molar-refractivity contribution in [3.05, 3.63) is 159 Å². The summed E-state index contributed by atoms with van der Waals surface area (Å²) in [5.74, 6) is 1.59. The van der Waals surface area contributed by atoms with E-state index in [0.29, 0.717) is 52.0 Å². The van der Waals surface area contributed by atoms with Gasteiger partial charge in [-0.05, 0) is 108 Å². The number of carbonyl (C=O) groups excluding carboxylic acids is 2. The number of aromatic amines is 1. The number of aromatic nitrogens is 1. The first-order chi connectivity index (χ1) is 32.1. The fourth-order valence-electron chi connectivity index (χ4n) is 8.58. The number of nitrogens with zero attached hydrogens (tertiary/aromatic N) is 1. The Morgan fingerprint density at radius 1 is 0.818 bits per heavy atom. The lowest BCUT2D eigenvalue weighted by molar-refractivity contribution is -0.0336. The van der Waals surface area contributed by atoms with Crippen LogP contribution in [0.25, 0.3) is 10.9 Å². The number of benzene rings is 5. The van der Waals surface area contributed by atoms with Crippen LogP contribution in [0.15, 0.2) is 120 Å². The number of rotatable bonds is 19. The summed E-state index contributed by atoms with van der Waals surface area (Å²) in [4.78, 5) is 43.0. The molecule has 1 unspecified atom stereocenters. The van der Waals surface area contributed by atoms with Crippen LogP contribution in [0.3, 0.4) is 0 Å². The van der Waals surface area contributed by atoms with E-state index in [1.165, 1.54) is 26.4 Å². The van der Waals surface area contributed by atoms with Gasteiger partial charge in [0.15, 0.2) is 11.5 Å². The number of methoxy groups -OCH3 is 2. The minimum atomic E-state index is -0.933. The van der Waals surface area contributed by atoms with Gasteiger partial charge in [-0.15, -0.1) is 0 Å². The normalized spacial score (nSPS) is 17.3. The topological polar surface area (TPSA) is 190 Å². The number of H-pyrrole nitrogens is 1. The highest BCUT2D eigenvalue weighted by Crippen LogP contribution is 2.39. The van der Waals surface area contributed by atoms with Gasteiger partial charge in [-0.1, -0.05) is 60.7 Å². The van der Waals surface area contributed by atoms with Crippen molar-refractivity contribution in [2.45, 2.75) is 44.2 Å². The fraction of sp³-hybridized carbons (Fsp3) is 0.314. The van der Waals surface area contributed by atoms with E-state index in [-0.39, 0.29) is 49.3 Å². The Kier molecular flexibility index (Phi) is 14.7. The third-order valence-corrected chi connectivity index (χ3v) is 12.1. The van der Waals surface area contributed by atoms with E-state index < -0.39 is 24.2 Å². The molecule has 5 N–H and O–H groups in total. The number of phenolic OH excluding ortho intramolecular Hbond substituents is 1. The average Bonchev–Trinajstić information content (AvgIpc) is 3.35. The van der Waals surface area contributed by atoms with Gasteiger partial charge < -0.3 is 54.3 Å². The number of pyridine rings is 1. The Morgan fingerprint density at radius 3 is 2.27 bits per heavy atom. The molecule has 0 saturated carbocycles. The van der Waals surface area contributed by atoms with Crippen molar-refractivity contribution in [2.75, 3.05) is 53.6 Å². The van der Waals surface area contributed by atoms with E-state index in [1.807, 2.05) is 54.6 Å². The highest BCUT2D eigenvalue weighted by atomic mass is 16.6. The molecule has 9 rings (SSSR count). The number of esters is 1. The third-order valence-electron chi connectivity index (χ3n) is 12.1. The lowest BCUT2D eigenvalue weighted by Crippen LogP contribution is -2.52. The van der Waals surface area contributed by atoms with E-state index in [9.17, 15) is 24.6 Å². The van der Waals surface area contributed by atoms with Crippen molar-refractivity contribution in [3.63, 3.8) is 0 Å². The molecule has 15 nitrogen and oxygen atoms in total. The van der Waals surface area contributed by atoms with Crippen molar-refractivity contribution in [1.82, 2.24) is 20.5 Å². The molecule has 15 heteroatoms. The second-order valence-corrected chi connectivity index (χ2v) is 16.4. The Hall–Kier alpha value is -7.07. The third kappa shape index (κ3) is 11.1. The summed E-state index contributed by atoms with van der Waals surface area (Å²) in [7, 11) is 3.01. The summed E-state index contributed by atoms with van der Waals surface area (Å²) in [6.45, 7) is 3.68.